The van der Waals surface area contributed by atoms with E-state index in [9.17, 15) is 0 Å². The van der Waals surface area contributed by atoms with Crippen molar-refractivity contribution in [1.29, 1.82) is 0 Å². The van der Waals surface area contributed by atoms with Gasteiger partial charge in [0.1, 0.15) is 0 Å². The van der Waals surface area contributed by atoms with Crippen molar-refractivity contribution < 1.29 is 14.9 Å². The van der Waals surface area contributed by atoms with Crippen molar-refractivity contribution in [3.8, 4) is 0 Å². The molecule has 29 heavy (non-hydrogen) atoms. The van der Waals surface area contributed by atoms with Gasteiger partial charge in [-0.05, 0) is 25.7 Å². The third kappa shape index (κ3) is 25.8. The normalized spacial score (nSPS) is 13.0. The topological polar surface area (TPSA) is 49.7 Å². The summed E-state index contributed by atoms with van der Waals surface area (Å²) in [6.45, 7) is 8.95. The minimum Gasteiger partial charge on any atom is -0.394 e. The Balaban J connectivity index is 0. The molecule has 3 heteroatoms. The average Bonchev–Trinajstić information content (AvgIpc) is 2.73. The summed E-state index contributed by atoms with van der Waals surface area (Å²) in [5, 5.41) is 15.2. The first-order valence-corrected chi connectivity index (χ1v) is 13.1. The van der Waals surface area contributed by atoms with Gasteiger partial charge in [-0.1, -0.05) is 118 Å². The predicted molar refractivity (Wildman–Crippen MR) is 129 cm³/mol. The molecule has 2 N–H and O–H groups in total. The van der Waals surface area contributed by atoms with Crippen LogP contribution >= 0.6 is 0 Å². The van der Waals surface area contributed by atoms with Crippen LogP contribution in [0.1, 0.15) is 143 Å². The fourth-order valence-corrected chi connectivity index (χ4v) is 3.78. The number of unbranched alkanes of at least 4 members (excludes halogenated alkanes) is 10. The number of aliphatic hydroxyl groups excluding tert-OH is 2. The van der Waals surface area contributed by atoms with Gasteiger partial charge in [0.25, 0.3) is 0 Å². The number of hydrogen-bond donors (Lipinski definition) is 2. The first-order valence-electron chi connectivity index (χ1n) is 13.1. The van der Waals surface area contributed by atoms with E-state index in [2.05, 4.69) is 27.7 Å². The van der Waals surface area contributed by atoms with Gasteiger partial charge >= 0.3 is 0 Å². The van der Waals surface area contributed by atoms with E-state index in [1.54, 1.807) is 0 Å². The summed E-state index contributed by atoms with van der Waals surface area (Å²) < 4.78 is 6.59. The predicted octanol–water partition coefficient (Wildman–Crippen LogP) is 7.81. The van der Waals surface area contributed by atoms with Crippen LogP contribution in [0.2, 0.25) is 0 Å². The first-order chi connectivity index (χ1) is 14.2. The molecule has 0 heterocycles. The van der Waals surface area contributed by atoms with E-state index in [1.807, 2.05) is 0 Å². The van der Waals surface area contributed by atoms with Gasteiger partial charge in [-0.15, -0.1) is 0 Å². The summed E-state index contributed by atoms with van der Waals surface area (Å²) in [6, 6.07) is 0. The highest BCUT2D eigenvalue weighted by Crippen LogP contribution is 2.21. The molecule has 2 atom stereocenters. The number of rotatable bonds is 21. The molecular formula is C26H56O3. The van der Waals surface area contributed by atoms with Crippen LogP contribution in [-0.2, 0) is 4.74 Å². The molecule has 0 rings (SSSR count). The van der Waals surface area contributed by atoms with Crippen LogP contribution in [0, 0.1) is 0 Å². The van der Waals surface area contributed by atoms with Crippen molar-refractivity contribution in [1.82, 2.24) is 0 Å². The van der Waals surface area contributed by atoms with Crippen LogP contribution in [0.4, 0.5) is 0 Å². The monoisotopic (exact) mass is 416 g/mol. The van der Waals surface area contributed by atoms with Crippen molar-refractivity contribution in [2.45, 2.75) is 155 Å². The summed E-state index contributed by atoms with van der Waals surface area (Å²) in [4.78, 5) is 0. The lowest BCUT2D eigenvalue weighted by Gasteiger charge is -2.25. The Bertz CT molecular complexity index is 245. The zero-order valence-corrected chi connectivity index (χ0v) is 20.6. The van der Waals surface area contributed by atoms with Crippen molar-refractivity contribution in [3.63, 3.8) is 0 Å². The average molecular weight is 417 g/mol. The minimum absolute atomic E-state index is 0.125. The number of ether oxygens (including phenoxy) is 1. The second kappa shape index (κ2) is 27.9. The van der Waals surface area contributed by atoms with Crippen molar-refractivity contribution in [3.05, 3.63) is 0 Å². The lowest BCUT2D eigenvalue weighted by atomic mass is 10.0. The summed E-state index contributed by atoms with van der Waals surface area (Å²) in [5.41, 5.74) is 0. The zero-order valence-electron chi connectivity index (χ0n) is 20.6. The Kier molecular flexibility index (Phi) is 29.9. The fourth-order valence-electron chi connectivity index (χ4n) is 3.78. The Morgan fingerprint density at radius 1 is 0.448 bits per heavy atom. The van der Waals surface area contributed by atoms with Crippen LogP contribution in [0.25, 0.3) is 0 Å². The van der Waals surface area contributed by atoms with E-state index in [1.165, 1.54) is 116 Å². The summed E-state index contributed by atoms with van der Waals surface area (Å²) in [6.07, 6.45) is 25.4. The third-order valence-corrected chi connectivity index (χ3v) is 5.47. The molecule has 2 unspecified atom stereocenters. The molecule has 0 aromatic rings. The van der Waals surface area contributed by atoms with Gasteiger partial charge in [-0.2, -0.15) is 0 Å². The van der Waals surface area contributed by atoms with E-state index < -0.39 is 0 Å². The van der Waals surface area contributed by atoms with Crippen LogP contribution in [-0.4, -0.2) is 35.6 Å². The van der Waals surface area contributed by atoms with Gasteiger partial charge in [0.15, 0.2) is 0 Å². The van der Waals surface area contributed by atoms with E-state index in [0.717, 1.165) is 0 Å². The van der Waals surface area contributed by atoms with Gasteiger partial charge in [0, 0.05) is 0 Å². The standard InChI is InChI=1S/C24H50O.C2H6O2/c1-5-9-11-13-15-17-21-23(19-7-3)25-24(20-8-4)22-18-16-14-12-10-6-2;3-1-2-4/h23-24H,5-22H2,1-4H3;3-4H,1-2H2. The van der Waals surface area contributed by atoms with E-state index >= 15 is 0 Å². The highest BCUT2D eigenvalue weighted by Gasteiger charge is 2.15. The third-order valence-electron chi connectivity index (χ3n) is 5.47. The molecule has 0 aliphatic carbocycles. The highest BCUT2D eigenvalue weighted by molar-refractivity contribution is 4.65. The van der Waals surface area contributed by atoms with Crippen LogP contribution < -0.4 is 0 Å². The summed E-state index contributed by atoms with van der Waals surface area (Å²) >= 11 is 0. The fraction of sp³-hybridized carbons (Fsp3) is 1.00. The Morgan fingerprint density at radius 3 is 1.10 bits per heavy atom. The van der Waals surface area contributed by atoms with Gasteiger partial charge < -0.3 is 14.9 Å². The minimum atomic E-state index is -0.125. The molecule has 0 radical (unpaired) electrons. The van der Waals surface area contributed by atoms with Crippen LogP contribution in [0.5, 0.6) is 0 Å². The molecule has 0 amide bonds. The molecule has 0 aromatic carbocycles. The molecule has 0 fully saturated rings. The maximum atomic E-state index is 7.62. The molecule has 0 bridgehead atoms. The Labute approximate surface area is 184 Å². The maximum absolute atomic E-state index is 7.62. The van der Waals surface area contributed by atoms with E-state index in [-0.39, 0.29) is 13.2 Å². The van der Waals surface area contributed by atoms with Crippen LogP contribution in [0.3, 0.4) is 0 Å². The smallest absolute Gasteiger partial charge is 0.0662 e. The summed E-state index contributed by atoms with van der Waals surface area (Å²) in [5.74, 6) is 0. The van der Waals surface area contributed by atoms with Crippen molar-refractivity contribution in [2.75, 3.05) is 13.2 Å². The van der Waals surface area contributed by atoms with Gasteiger partial charge in [0.2, 0.25) is 0 Å². The second-order valence-electron chi connectivity index (χ2n) is 8.52. The second-order valence-corrected chi connectivity index (χ2v) is 8.52. The van der Waals surface area contributed by atoms with Gasteiger partial charge in [0.05, 0.1) is 25.4 Å². The lowest BCUT2D eigenvalue weighted by molar-refractivity contribution is -0.0308. The summed E-state index contributed by atoms with van der Waals surface area (Å²) in [7, 11) is 0. The SMILES string of the molecule is CCCCCCCCC(CCC)OC(CCC)CCCCCCCC.OCCO. The molecule has 0 spiro atoms. The molecule has 178 valence electrons. The Morgan fingerprint density at radius 2 is 0.793 bits per heavy atom. The van der Waals surface area contributed by atoms with Crippen LogP contribution in [0.15, 0.2) is 0 Å². The maximum Gasteiger partial charge on any atom is 0.0662 e. The molecule has 0 aliphatic heterocycles. The van der Waals surface area contributed by atoms with E-state index in [4.69, 9.17) is 14.9 Å². The van der Waals surface area contributed by atoms with E-state index in [0.29, 0.717) is 12.2 Å². The lowest BCUT2D eigenvalue weighted by Crippen LogP contribution is -2.22. The highest BCUT2D eigenvalue weighted by atomic mass is 16.5. The largest absolute Gasteiger partial charge is 0.394 e. The molecular weight excluding hydrogens is 360 g/mol. The van der Waals surface area contributed by atoms with Gasteiger partial charge in [-0.25, -0.2) is 0 Å². The Hall–Kier alpha value is -0.120. The van der Waals surface area contributed by atoms with Crippen molar-refractivity contribution in [2.24, 2.45) is 0 Å². The molecule has 3 nitrogen and oxygen atoms in total. The zero-order chi connectivity index (χ0) is 22.0. The quantitative estimate of drug-likeness (QED) is 0.188. The molecule has 0 aliphatic rings. The number of aliphatic hydroxyl groups is 2. The molecule has 0 saturated carbocycles. The molecule has 0 aromatic heterocycles. The van der Waals surface area contributed by atoms with Crippen molar-refractivity contribution >= 4 is 0 Å². The number of hydrogen-bond acceptors (Lipinski definition) is 3. The van der Waals surface area contributed by atoms with Gasteiger partial charge in [-0.3, -0.25) is 0 Å². The molecule has 0 saturated heterocycles. The first kappa shape index (κ1) is 31.1.